The summed E-state index contributed by atoms with van der Waals surface area (Å²) in [5.74, 6) is 3.48. The second-order valence-electron chi connectivity index (χ2n) is 8.53. The van der Waals surface area contributed by atoms with E-state index in [2.05, 4.69) is 11.7 Å². The second kappa shape index (κ2) is 9.84. The smallest absolute Gasteiger partial charge is 0.406 e. The van der Waals surface area contributed by atoms with Gasteiger partial charge in [0, 0.05) is 2.85 Å². The van der Waals surface area contributed by atoms with E-state index in [-0.39, 0.29) is 16.0 Å². The standard InChI is InChI=1S/C22H31F3O.CH4.2H2/c1-16-2-10-19(11-3-16)20-12-6-17(7-13-20)4-5-18-8-14-21(15-9-18)26-22(23,24)25;;;/h8-9,14-17,19-20H,2-7,10-13H2,1H3;1H4;2*1H. The third-order valence-corrected chi connectivity index (χ3v) is 6.62. The van der Waals surface area contributed by atoms with E-state index in [0.29, 0.717) is 0 Å². The van der Waals surface area contributed by atoms with E-state index in [1.54, 1.807) is 12.1 Å². The van der Waals surface area contributed by atoms with Gasteiger partial charge in [0.1, 0.15) is 5.75 Å². The van der Waals surface area contributed by atoms with Crippen molar-refractivity contribution >= 4 is 0 Å². The topological polar surface area (TPSA) is 9.23 Å². The van der Waals surface area contributed by atoms with Crippen molar-refractivity contribution in [2.75, 3.05) is 0 Å². The molecule has 2 saturated carbocycles. The first-order valence-corrected chi connectivity index (χ1v) is 10.2. The first-order valence-electron chi connectivity index (χ1n) is 10.2. The van der Waals surface area contributed by atoms with Crippen LogP contribution in [0.5, 0.6) is 5.75 Å². The Balaban J connectivity index is 0.00000261. The highest BCUT2D eigenvalue weighted by Gasteiger charge is 2.31. The third kappa shape index (κ3) is 7.04. The van der Waals surface area contributed by atoms with Crippen LogP contribution < -0.4 is 4.74 Å². The van der Waals surface area contributed by atoms with Crippen LogP contribution in [0.1, 0.15) is 80.6 Å². The molecule has 2 aliphatic rings. The molecule has 0 unspecified atom stereocenters. The van der Waals surface area contributed by atoms with Gasteiger partial charge in [0.2, 0.25) is 0 Å². The molecule has 158 valence electrons. The van der Waals surface area contributed by atoms with E-state index < -0.39 is 6.36 Å². The van der Waals surface area contributed by atoms with Gasteiger partial charge < -0.3 is 4.74 Å². The summed E-state index contributed by atoms with van der Waals surface area (Å²) in [5.41, 5.74) is 1.10. The maximum atomic E-state index is 12.2. The van der Waals surface area contributed by atoms with Crippen molar-refractivity contribution in [2.45, 2.75) is 84.9 Å². The maximum absolute atomic E-state index is 12.2. The highest BCUT2D eigenvalue weighted by atomic mass is 19.4. The van der Waals surface area contributed by atoms with Crippen LogP contribution in [0.3, 0.4) is 0 Å². The van der Waals surface area contributed by atoms with Crippen LogP contribution in [0.4, 0.5) is 13.2 Å². The number of rotatable bonds is 5. The molecule has 0 saturated heterocycles. The first-order chi connectivity index (χ1) is 12.4. The van der Waals surface area contributed by atoms with E-state index in [1.165, 1.54) is 63.5 Å². The Morgan fingerprint density at radius 3 is 1.93 bits per heavy atom. The Bertz CT molecular complexity index is 546. The van der Waals surface area contributed by atoms with Gasteiger partial charge in [-0.3, -0.25) is 0 Å². The summed E-state index contributed by atoms with van der Waals surface area (Å²) < 4.78 is 40.5. The van der Waals surface area contributed by atoms with E-state index in [9.17, 15) is 13.2 Å². The zero-order chi connectivity index (χ0) is 18.6. The highest BCUT2D eigenvalue weighted by Crippen LogP contribution is 2.42. The highest BCUT2D eigenvalue weighted by molar-refractivity contribution is 5.27. The van der Waals surface area contributed by atoms with Crippen molar-refractivity contribution in [1.82, 2.24) is 0 Å². The van der Waals surface area contributed by atoms with Crippen LogP contribution in [0.15, 0.2) is 24.3 Å². The summed E-state index contributed by atoms with van der Waals surface area (Å²) >= 11 is 0. The Morgan fingerprint density at radius 1 is 0.889 bits per heavy atom. The largest absolute Gasteiger partial charge is 0.573 e. The number of aryl methyl sites for hydroxylation is 1. The number of ether oxygens (including phenoxy) is 1. The predicted molar refractivity (Wildman–Crippen MR) is 109 cm³/mol. The molecule has 0 aliphatic heterocycles. The zero-order valence-electron chi connectivity index (χ0n) is 15.7. The van der Waals surface area contributed by atoms with Crippen molar-refractivity contribution in [3.8, 4) is 5.75 Å². The van der Waals surface area contributed by atoms with Crippen LogP contribution in [-0.4, -0.2) is 6.36 Å². The molecule has 2 aliphatic carbocycles. The lowest BCUT2D eigenvalue weighted by molar-refractivity contribution is -0.274. The maximum Gasteiger partial charge on any atom is 0.573 e. The number of hydrogen-bond acceptors (Lipinski definition) is 1. The number of benzene rings is 1. The van der Waals surface area contributed by atoms with E-state index in [1.807, 2.05) is 0 Å². The Kier molecular flexibility index (Phi) is 8.05. The zero-order valence-corrected chi connectivity index (χ0v) is 15.7. The number of alkyl halides is 3. The molecule has 4 heteroatoms. The van der Waals surface area contributed by atoms with Gasteiger partial charge in [-0.2, -0.15) is 0 Å². The number of halogens is 3. The summed E-state index contributed by atoms with van der Waals surface area (Å²) in [7, 11) is 0. The lowest BCUT2D eigenvalue weighted by atomic mass is 9.69. The minimum absolute atomic E-state index is 0. The van der Waals surface area contributed by atoms with Gasteiger partial charge in [-0.1, -0.05) is 52.2 Å². The molecule has 1 nitrogen and oxygen atoms in total. The van der Waals surface area contributed by atoms with Crippen LogP contribution in [0.2, 0.25) is 0 Å². The van der Waals surface area contributed by atoms with Crippen LogP contribution in [0, 0.1) is 23.7 Å². The third-order valence-electron chi connectivity index (χ3n) is 6.62. The summed E-state index contributed by atoms with van der Waals surface area (Å²) in [6.07, 6.45) is 8.58. The van der Waals surface area contributed by atoms with Gasteiger partial charge >= 0.3 is 6.36 Å². The van der Waals surface area contributed by atoms with Gasteiger partial charge in [-0.25, -0.2) is 0 Å². The van der Waals surface area contributed by atoms with E-state index >= 15 is 0 Å². The summed E-state index contributed by atoms with van der Waals surface area (Å²) in [5, 5.41) is 0. The predicted octanol–water partition coefficient (Wildman–Crippen LogP) is 8.28. The monoisotopic (exact) mass is 388 g/mol. The average Bonchev–Trinajstić information content (AvgIpc) is 2.61. The molecule has 0 spiro atoms. The first kappa shape index (κ1) is 22.1. The van der Waals surface area contributed by atoms with Crippen molar-refractivity contribution in [1.29, 1.82) is 0 Å². The van der Waals surface area contributed by atoms with Crippen molar-refractivity contribution in [3.63, 3.8) is 0 Å². The van der Waals surface area contributed by atoms with Gasteiger partial charge in [-0.05, 0) is 79.9 Å². The Morgan fingerprint density at radius 2 is 1.41 bits per heavy atom. The van der Waals surface area contributed by atoms with Gasteiger partial charge in [-0.15, -0.1) is 13.2 Å². The van der Waals surface area contributed by atoms with Crippen LogP contribution in [0.25, 0.3) is 0 Å². The molecule has 0 heterocycles. The van der Waals surface area contributed by atoms with Crippen molar-refractivity contribution in [2.24, 2.45) is 23.7 Å². The molecule has 3 rings (SSSR count). The molecule has 1 aromatic carbocycles. The lowest BCUT2D eigenvalue weighted by Gasteiger charge is -2.37. The van der Waals surface area contributed by atoms with Crippen LogP contribution >= 0.6 is 0 Å². The fraction of sp³-hybridized carbons (Fsp3) is 0.739. The molecule has 0 amide bonds. The molecule has 2 fully saturated rings. The van der Waals surface area contributed by atoms with E-state index in [4.69, 9.17) is 0 Å². The van der Waals surface area contributed by atoms with Gasteiger partial charge in [0.05, 0.1) is 0 Å². The molecule has 0 atom stereocenters. The Labute approximate surface area is 165 Å². The molecule has 0 N–H and O–H groups in total. The van der Waals surface area contributed by atoms with Gasteiger partial charge in [0.25, 0.3) is 0 Å². The Hall–Kier alpha value is -1.19. The fourth-order valence-corrected chi connectivity index (χ4v) is 4.93. The van der Waals surface area contributed by atoms with Crippen molar-refractivity contribution < 1.29 is 20.8 Å². The minimum Gasteiger partial charge on any atom is -0.406 e. The minimum atomic E-state index is -4.61. The molecule has 27 heavy (non-hydrogen) atoms. The normalized spacial score (nSPS) is 29.0. The number of hydrogen-bond donors (Lipinski definition) is 0. The fourth-order valence-electron chi connectivity index (χ4n) is 4.93. The van der Waals surface area contributed by atoms with E-state index in [0.717, 1.165) is 42.1 Å². The SMILES string of the molecule is C.CC1CCC(C2CCC(CCc3ccc(OC(F)(F)F)cc3)CC2)CC1.[HH].[HH]. The summed E-state index contributed by atoms with van der Waals surface area (Å²) in [6, 6.07) is 6.36. The molecule has 1 aromatic rings. The molecular weight excluding hydrogens is 349 g/mol. The molecule has 0 aromatic heterocycles. The lowest BCUT2D eigenvalue weighted by Crippen LogP contribution is -2.25. The molecule has 0 radical (unpaired) electrons. The summed E-state index contributed by atoms with van der Waals surface area (Å²) in [6.45, 7) is 2.38. The average molecular weight is 389 g/mol. The van der Waals surface area contributed by atoms with Crippen LogP contribution in [-0.2, 0) is 6.42 Å². The second-order valence-corrected chi connectivity index (χ2v) is 8.53. The molecular formula is C23H39F3O. The summed E-state index contributed by atoms with van der Waals surface area (Å²) in [4.78, 5) is 0. The van der Waals surface area contributed by atoms with Crippen molar-refractivity contribution in [3.05, 3.63) is 29.8 Å². The molecule has 0 bridgehead atoms. The van der Waals surface area contributed by atoms with Gasteiger partial charge in [0.15, 0.2) is 0 Å². The quantitative estimate of drug-likeness (QED) is 0.493.